The molecule has 1 N–H and O–H groups in total. The summed E-state index contributed by atoms with van der Waals surface area (Å²) < 4.78 is 26.0. The van der Waals surface area contributed by atoms with Crippen LogP contribution in [0.4, 0.5) is 8.78 Å². The molecule has 0 aliphatic rings. The Morgan fingerprint density at radius 1 is 1.25 bits per heavy atom. The van der Waals surface area contributed by atoms with Crippen LogP contribution in [0.1, 0.15) is 32.8 Å². The van der Waals surface area contributed by atoms with Gasteiger partial charge in [0, 0.05) is 6.04 Å². The molecule has 0 amide bonds. The van der Waals surface area contributed by atoms with Gasteiger partial charge in [-0.1, -0.05) is 19.9 Å². The maximum atomic E-state index is 13.1. The number of hydrogen-bond acceptors (Lipinski definition) is 1. The lowest BCUT2D eigenvalue weighted by atomic mass is 9.79. The van der Waals surface area contributed by atoms with Crippen molar-refractivity contribution >= 4 is 0 Å². The Kier molecular flexibility index (Phi) is 4.03. The van der Waals surface area contributed by atoms with Gasteiger partial charge in [-0.15, -0.1) is 0 Å². The zero-order valence-corrected chi connectivity index (χ0v) is 10.3. The second-order valence-corrected chi connectivity index (χ2v) is 4.91. The second kappa shape index (κ2) is 4.91. The Bertz CT molecular complexity index is 361. The molecule has 1 atom stereocenters. The lowest BCUT2D eigenvalue weighted by Crippen LogP contribution is -2.31. The molecule has 1 unspecified atom stereocenters. The van der Waals surface area contributed by atoms with Crippen molar-refractivity contribution < 1.29 is 8.78 Å². The second-order valence-electron chi connectivity index (χ2n) is 4.91. The average molecular weight is 227 g/mol. The first kappa shape index (κ1) is 13.1. The zero-order valence-electron chi connectivity index (χ0n) is 10.3. The summed E-state index contributed by atoms with van der Waals surface area (Å²) in [5, 5.41) is 3.15. The van der Waals surface area contributed by atoms with Crippen LogP contribution in [-0.4, -0.2) is 13.1 Å². The van der Waals surface area contributed by atoms with Gasteiger partial charge in [-0.25, -0.2) is 8.78 Å². The maximum Gasteiger partial charge on any atom is 0.159 e. The monoisotopic (exact) mass is 227 g/mol. The quantitative estimate of drug-likeness (QED) is 0.832. The van der Waals surface area contributed by atoms with E-state index >= 15 is 0 Å². The summed E-state index contributed by atoms with van der Waals surface area (Å²) in [6, 6.07) is 4.47. The minimum Gasteiger partial charge on any atom is -0.317 e. The van der Waals surface area contributed by atoms with E-state index in [1.165, 1.54) is 12.1 Å². The van der Waals surface area contributed by atoms with E-state index in [1.807, 2.05) is 20.9 Å². The van der Waals surface area contributed by atoms with Gasteiger partial charge in [0.25, 0.3) is 0 Å². The molecule has 0 aromatic heterocycles. The topological polar surface area (TPSA) is 12.0 Å². The maximum absolute atomic E-state index is 13.1. The molecule has 1 rings (SSSR count). The Hall–Kier alpha value is -0.960. The molecule has 0 fully saturated rings. The van der Waals surface area contributed by atoms with Crippen LogP contribution in [0.3, 0.4) is 0 Å². The van der Waals surface area contributed by atoms with Crippen molar-refractivity contribution in [2.24, 2.45) is 0 Å². The summed E-state index contributed by atoms with van der Waals surface area (Å²) in [7, 11) is 1.89. The fourth-order valence-electron chi connectivity index (χ4n) is 1.90. The molecule has 0 aliphatic carbocycles. The van der Waals surface area contributed by atoms with Crippen LogP contribution in [0.5, 0.6) is 0 Å². The van der Waals surface area contributed by atoms with E-state index in [0.717, 1.165) is 12.0 Å². The highest BCUT2D eigenvalue weighted by Gasteiger charge is 2.23. The summed E-state index contributed by atoms with van der Waals surface area (Å²) in [4.78, 5) is 0. The van der Waals surface area contributed by atoms with Crippen LogP contribution < -0.4 is 5.32 Å². The molecule has 3 heteroatoms. The van der Waals surface area contributed by atoms with Crippen molar-refractivity contribution in [3.63, 3.8) is 0 Å². The van der Waals surface area contributed by atoms with Crippen molar-refractivity contribution in [2.75, 3.05) is 7.05 Å². The lowest BCUT2D eigenvalue weighted by Gasteiger charge is -2.28. The number of halogens is 2. The Balaban J connectivity index is 2.93. The molecule has 0 spiro atoms. The van der Waals surface area contributed by atoms with Crippen molar-refractivity contribution in [3.8, 4) is 0 Å². The van der Waals surface area contributed by atoms with E-state index in [-0.39, 0.29) is 5.41 Å². The Morgan fingerprint density at radius 2 is 1.88 bits per heavy atom. The van der Waals surface area contributed by atoms with Crippen LogP contribution in [0.15, 0.2) is 18.2 Å². The third kappa shape index (κ3) is 3.01. The molecule has 1 nitrogen and oxygen atoms in total. The molecule has 1 aromatic rings. The normalized spacial score (nSPS) is 13.9. The molecule has 0 aliphatic heterocycles. The van der Waals surface area contributed by atoms with Gasteiger partial charge >= 0.3 is 0 Å². The molecular formula is C13H19F2N. The van der Waals surface area contributed by atoms with Gasteiger partial charge in [0.2, 0.25) is 0 Å². The number of rotatable bonds is 4. The van der Waals surface area contributed by atoms with Gasteiger partial charge in [0.05, 0.1) is 0 Å². The molecule has 90 valence electrons. The minimum atomic E-state index is -0.791. The van der Waals surface area contributed by atoms with E-state index < -0.39 is 11.6 Å². The molecule has 0 saturated heterocycles. The van der Waals surface area contributed by atoms with Crippen LogP contribution >= 0.6 is 0 Å². The largest absolute Gasteiger partial charge is 0.317 e. The van der Waals surface area contributed by atoms with Gasteiger partial charge in [0.1, 0.15) is 0 Å². The SMILES string of the molecule is CNC(C)CC(C)(C)c1ccc(F)c(F)c1. The van der Waals surface area contributed by atoms with E-state index in [9.17, 15) is 8.78 Å². The first-order valence-corrected chi connectivity index (χ1v) is 5.49. The fraction of sp³-hybridized carbons (Fsp3) is 0.538. The highest BCUT2D eigenvalue weighted by Crippen LogP contribution is 2.29. The van der Waals surface area contributed by atoms with E-state index in [1.54, 1.807) is 6.07 Å². The minimum absolute atomic E-state index is 0.170. The molecule has 16 heavy (non-hydrogen) atoms. The van der Waals surface area contributed by atoms with Crippen molar-refractivity contribution in [3.05, 3.63) is 35.4 Å². The third-order valence-electron chi connectivity index (χ3n) is 3.01. The van der Waals surface area contributed by atoms with Gasteiger partial charge in [-0.2, -0.15) is 0 Å². The van der Waals surface area contributed by atoms with Crippen LogP contribution in [0, 0.1) is 11.6 Å². The summed E-state index contributed by atoms with van der Waals surface area (Å²) in [6.45, 7) is 6.14. The lowest BCUT2D eigenvalue weighted by molar-refractivity contribution is 0.401. The van der Waals surface area contributed by atoms with E-state index in [4.69, 9.17) is 0 Å². The van der Waals surface area contributed by atoms with E-state index in [0.29, 0.717) is 6.04 Å². The molecule has 0 heterocycles. The molecular weight excluding hydrogens is 208 g/mol. The first-order valence-electron chi connectivity index (χ1n) is 5.49. The van der Waals surface area contributed by atoms with Crippen LogP contribution in [0.2, 0.25) is 0 Å². The van der Waals surface area contributed by atoms with Gasteiger partial charge in [0.15, 0.2) is 11.6 Å². The van der Waals surface area contributed by atoms with Crippen LogP contribution in [0.25, 0.3) is 0 Å². The van der Waals surface area contributed by atoms with Gasteiger partial charge in [-0.05, 0) is 43.5 Å². The Morgan fingerprint density at radius 3 is 2.38 bits per heavy atom. The summed E-state index contributed by atoms with van der Waals surface area (Å²) >= 11 is 0. The predicted molar refractivity (Wildman–Crippen MR) is 62.5 cm³/mol. The number of benzene rings is 1. The molecule has 0 radical (unpaired) electrons. The highest BCUT2D eigenvalue weighted by molar-refractivity contribution is 5.25. The van der Waals surface area contributed by atoms with Crippen LogP contribution in [-0.2, 0) is 5.41 Å². The first-order chi connectivity index (χ1) is 7.36. The summed E-state index contributed by atoms with van der Waals surface area (Å²) in [6.07, 6.45) is 0.870. The number of hydrogen-bond donors (Lipinski definition) is 1. The van der Waals surface area contributed by atoms with Gasteiger partial charge in [-0.3, -0.25) is 0 Å². The van der Waals surface area contributed by atoms with Crippen molar-refractivity contribution in [1.82, 2.24) is 5.32 Å². The standard InChI is InChI=1S/C13H19F2N/c1-9(16-4)8-13(2,3)10-5-6-11(14)12(15)7-10/h5-7,9,16H,8H2,1-4H3. The summed E-state index contributed by atoms with van der Waals surface area (Å²) in [5.41, 5.74) is 0.658. The number of nitrogens with one attached hydrogen (secondary N) is 1. The molecule has 0 saturated carbocycles. The molecule has 1 aromatic carbocycles. The highest BCUT2D eigenvalue weighted by atomic mass is 19.2. The summed E-state index contributed by atoms with van der Waals surface area (Å²) in [5.74, 6) is -1.57. The van der Waals surface area contributed by atoms with E-state index in [2.05, 4.69) is 12.2 Å². The van der Waals surface area contributed by atoms with Crippen molar-refractivity contribution in [2.45, 2.75) is 38.6 Å². The molecule has 0 bridgehead atoms. The van der Waals surface area contributed by atoms with Crippen molar-refractivity contribution in [1.29, 1.82) is 0 Å². The fourth-order valence-corrected chi connectivity index (χ4v) is 1.90. The zero-order chi connectivity index (χ0) is 12.3. The average Bonchev–Trinajstić information content (AvgIpc) is 2.21. The predicted octanol–water partition coefficient (Wildman–Crippen LogP) is 3.24. The Labute approximate surface area is 95.9 Å². The van der Waals surface area contributed by atoms with Gasteiger partial charge < -0.3 is 5.32 Å². The smallest absolute Gasteiger partial charge is 0.159 e. The third-order valence-corrected chi connectivity index (χ3v) is 3.01.